The third-order valence-corrected chi connectivity index (χ3v) is 6.98. The number of nitrogens with one attached hydrogen (secondary N) is 1. The van der Waals surface area contributed by atoms with Crippen molar-refractivity contribution in [3.8, 4) is 0 Å². The van der Waals surface area contributed by atoms with Crippen molar-refractivity contribution in [1.82, 2.24) is 5.32 Å². The van der Waals surface area contributed by atoms with E-state index in [0.29, 0.717) is 17.8 Å². The summed E-state index contributed by atoms with van der Waals surface area (Å²) < 4.78 is 12.9. The van der Waals surface area contributed by atoms with Crippen LogP contribution in [0, 0.1) is 17.3 Å². The average Bonchev–Trinajstić information content (AvgIpc) is 2.91. The van der Waals surface area contributed by atoms with Gasteiger partial charge in [-0.05, 0) is 49.0 Å². The van der Waals surface area contributed by atoms with Crippen LogP contribution in [0.4, 0.5) is 0 Å². The lowest BCUT2D eigenvalue weighted by atomic mass is 9.43. The lowest BCUT2D eigenvalue weighted by Gasteiger charge is -2.64. The Balaban J connectivity index is 1.54. The predicted octanol–water partition coefficient (Wildman–Crippen LogP) is 3.00. The zero-order valence-electron chi connectivity index (χ0n) is 15.6. The molecule has 134 valence electrons. The molecular formula is C20H28BNO3. The summed E-state index contributed by atoms with van der Waals surface area (Å²) in [6.45, 7) is 8.49. The Labute approximate surface area is 150 Å². The second-order valence-corrected chi connectivity index (χ2v) is 8.83. The van der Waals surface area contributed by atoms with Crippen LogP contribution in [-0.4, -0.2) is 30.7 Å². The highest BCUT2D eigenvalue weighted by atomic mass is 16.7. The van der Waals surface area contributed by atoms with Crippen LogP contribution in [0.2, 0.25) is 0 Å². The van der Waals surface area contributed by atoms with Crippen molar-refractivity contribution in [2.24, 2.45) is 17.3 Å². The summed E-state index contributed by atoms with van der Waals surface area (Å²) in [6, 6.07) is 10.2. The van der Waals surface area contributed by atoms with Gasteiger partial charge in [0.2, 0.25) is 5.91 Å². The van der Waals surface area contributed by atoms with Gasteiger partial charge in [0.15, 0.2) is 0 Å². The Morgan fingerprint density at radius 2 is 2.00 bits per heavy atom. The lowest BCUT2D eigenvalue weighted by molar-refractivity contribution is -0.199. The van der Waals surface area contributed by atoms with Crippen molar-refractivity contribution >= 4 is 13.0 Å². The van der Waals surface area contributed by atoms with Crippen LogP contribution >= 0.6 is 0 Å². The van der Waals surface area contributed by atoms with E-state index in [1.165, 1.54) is 12.0 Å². The van der Waals surface area contributed by atoms with Gasteiger partial charge in [-0.15, -0.1) is 0 Å². The normalized spacial score (nSPS) is 36.3. The quantitative estimate of drug-likeness (QED) is 0.857. The molecule has 4 aliphatic rings. The molecule has 5 heteroatoms. The van der Waals surface area contributed by atoms with Crippen molar-refractivity contribution in [2.75, 3.05) is 0 Å². The molecule has 1 N–H and O–H groups in total. The van der Waals surface area contributed by atoms with E-state index in [2.05, 4.69) is 38.2 Å². The first-order valence-corrected chi connectivity index (χ1v) is 9.45. The first-order valence-electron chi connectivity index (χ1n) is 9.45. The smallest absolute Gasteiger partial charge is 0.404 e. The van der Waals surface area contributed by atoms with E-state index >= 15 is 0 Å². The fourth-order valence-corrected chi connectivity index (χ4v) is 5.42. The van der Waals surface area contributed by atoms with Crippen molar-refractivity contribution in [3.05, 3.63) is 35.9 Å². The van der Waals surface area contributed by atoms with E-state index in [-0.39, 0.29) is 30.7 Å². The van der Waals surface area contributed by atoms with E-state index < -0.39 is 0 Å². The predicted molar refractivity (Wildman–Crippen MR) is 97.9 cm³/mol. The van der Waals surface area contributed by atoms with Gasteiger partial charge >= 0.3 is 7.12 Å². The Kier molecular flexibility index (Phi) is 4.00. The minimum absolute atomic E-state index is 0.0437. The van der Waals surface area contributed by atoms with E-state index in [4.69, 9.17) is 9.31 Å². The second kappa shape index (κ2) is 5.85. The van der Waals surface area contributed by atoms with Crippen LogP contribution in [0.15, 0.2) is 30.3 Å². The van der Waals surface area contributed by atoms with Gasteiger partial charge < -0.3 is 14.6 Å². The van der Waals surface area contributed by atoms with E-state index in [1.54, 1.807) is 6.92 Å². The Bertz CT molecular complexity index is 664. The molecule has 1 saturated heterocycles. The third kappa shape index (κ3) is 2.72. The SMILES string of the molecule is CC(=O)NC(Cc1ccccc1)B1O[C@@H]2CC3CC(C3(C)C)[C@]2(C)O1. The first kappa shape index (κ1) is 17.1. The molecule has 5 atom stereocenters. The summed E-state index contributed by atoms with van der Waals surface area (Å²) >= 11 is 0. The van der Waals surface area contributed by atoms with Gasteiger partial charge in [0.05, 0.1) is 17.6 Å². The molecule has 1 aromatic rings. The van der Waals surface area contributed by atoms with Crippen molar-refractivity contribution in [3.63, 3.8) is 0 Å². The number of carbonyl (C=O) groups is 1. The molecule has 0 spiro atoms. The topological polar surface area (TPSA) is 47.6 Å². The molecule has 5 rings (SSSR count). The maximum atomic E-state index is 11.7. The Morgan fingerprint density at radius 1 is 1.28 bits per heavy atom. The van der Waals surface area contributed by atoms with Crippen LogP contribution < -0.4 is 5.32 Å². The van der Waals surface area contributed by atoms with Crippen LogP contribution in [0.5, 0.6) is 0 Å². The van der Waals surface area contributed by atoms with E-state index in [9.17, 15) is 4.79 Å². The van der Waals surface area contributed by atoms with Crippen molar-refractivity contribution in [2.45, 2.75) is 64.6 Å². The van der Waals surface area contributed by atoms with Gasteiger partial charge in [-0.1, -0.05) is 44.2 Å². The highest BCUT2D eigenvalue weighted by molar-refractivity contribution is 6.48. The van der Waals surface area contributed by atoms with Gasteiger partial charge in [0.1, 0.15) is 0 Å². The van der Waals surface area contributed by atoms with Gasteiger partial charge in [-0.3, -0.25) is 4.79 Å². The molecule has 3 saturated carbocycles. The summed E-state index contributed by atoms with van der Waals surface area (Å²) in [5, 5.41) is 3.06. The number of carbonyl (C=O) groups excluding carboxylic acids is 1. The molecule has 0 aromatic heterocycles. The lowest BCUT2D eigenvalue weighted by Crippen LogP contribution is -2.65. The molecule has 1 heterocycles. The van der Waals surface area contributed by atoms with Crippen LogP contribution in [0.25, 0.3) is 0 Å². The van der Waals surface area contributed by atoms with Gasteiger partial charge in [0, 0.05) is 6.92 Å². The summed E-state index contributed by atoms with van der Waals surface area (Å²) in [5.41, 5.74) is 1.26. The van der Waals surface area contributed by atoms with E-state index in [0.717, 1.165) is 12.3 Å². The standard InChI is InChI=1S/C20H28BNO3/c1-13(23)22-18(10-14-8-6-5-7-9-14)21-24-17-12-15-11-16(19(15,2)3)20(17,4)25-21/h5-9,15-18H,10-12H2,1-4H3,(H,22,23)/t15?,16?,17-,18?,20+/m1/s1. The van der Waals surface area contributed by atoms with Crippen LogP contribution in [0.1, 0.15) is 46.1 Å². The minimum Gasteiger partial charge on any atom is -0.404 e. The highest BCUT2D eigenvalue weighted by Crippen LogP contribution is 2.65. The second-order valence-electron chi connectivity index (χ2n) is 8.83. The first-order chi connectivity index (χ1) is 11.8. The van der Waals surface area contributed by atoms with E-state index in [1.807, 2.05) is 18.2 Å². The minimum atomic E-state index is -0.380. The molecule has 1 aliphatic heterocycles. The summed E-state index contributed by atoms with van der Waals surface area (Å²) in [5.74, 6) is 1.05. The van der Waals surface area contributed by atoms with Crippen molar-refractivity contribution in [1.29, 1.82) is 0 Å². The molecule has 0 radical (unpaired) electrons. The van der Waals surface area contributed by atoms with Gasteiger partial charge in [-0.25, -0.2) is 0 Å². The zero-order valence-corrected chi connectivity index (χ0v) is 15.6. The molecule has 4 fully saturated rings. The highest BCUT2D eigenvalue weighted by Gasteiger charge is 2.68. The third-order valence-electron chi connectivity index (χ3n) is 6.98. The molecule has 2 bridgehead atoms. The Morgan fingerprint density at radius 3 is 2.64 bits per heavy atom. The van der Waals surface area contributed by atoms with Crippen LogP contribution in [0.3, 0.4) is 0 Å². The number of benzene rings is 1. The maximum absolute atomic E-state index is 11.7. The summed E-state index contributed by atoms with van der Waals surface area (Å²) in [4.78, 5) is 11.7. The molecule has 25 heavy (non-hydrogen) atoms. The largest absolute Gasteiger partial charge is 0.482 e. The average molecular weight is 341 g/mol. The van der Waals surface area contributed by atoms with Crippen LogP contribution in [-0.2, 0) is 20.5 Å². The number of amides is 1. The molecule has 3 unspecified atom stereocenters. The fourth-order valence-electron chi connectivity index (χ4n) is 5.42. The number of hydrogen-bond donors (Lipinski definition) is 1. The molecule has 3 aliphatic carbocycles. The summed E-state index contributed by atoms with van der Waals surface area (Å²) in [6.07, 6.45) is 3.15. The fraction of sp³-hybridized carbons (Fsp3) is 0.650. The number of hydrogen-bond acceptors (Lipinski definition) is 3. The van der Waals surface area contributed by atoms with Crippen molar-refractivity contribution < 1.29 is 14.1 Å². The van der Waals surface area contributed by atoms with Gasteiger partial charge in [-0.2, -0.15) is 0 Å². The number of rotatable bonds is 4. The molecule has 1 aromatic carbocycles. The molecular weight excluding hydrogens is 313 g/mol. The maximum Gasteiger partial charge on any atom is 0.482 e. The summed E-state index contributed by atoms with van der Waals surface area (Å²) in [7, 11) is -0.380. The van der Waals surface area contributed by atoms with Gasteiger partial charge in [0.25, 0.3) is 0 Å². The molecule has 1 amide bonds. The Hall–Kier alpha value is -1.33. The molecule has 4 nitrogen and oxygen atoms in total. The monoisotopic (exact) mass is 341 g/mol. The zero-order chi connectivity index (χ0) is 17.8.